The number of rotatable bonds is 6. The third kappa shape index (κ3) is 4.07. The van der Waals surface area contributed by atoms with Crippen molar-refractivity contribution >= 4 is 17.8 Å². The summed E-state index contributed by atoms with van der Waals surface area (Å²) in [5.74, 6) is 0.738. The topological polar surface area (TPSA) is 112 Å². The molecule has 9 heteroatoms. The van der Waals surface area contributed by atoms with Gasteiger partial charge in [0.1, 0.15) is 5.75 Å². The van der Waals surface area contributed by atoms with E-state index in [0.717, 1.165) is 5.56 Å². The first kappa shape index (κ1) is 17.2. The average Bonchev–Trinajstić information content (AvgIpc) is 3.08. The van der Waals surface area contributed by atoms with Crippen LogP contribution in [0.25, 0.3) is 0 Å². The average molecular weight is 357 g/mol. The lowest BCUT2D eigenvalue weighted by atomic mass is 10.1. The summed E-state index contributed by atoms with van der Waals surface area (Å²) >= 11 is 0. The number of nitro groups is 1. The molecule has 26 heavy (non-hydrogen) atoms. The number of benzene rings is 2. The summed E-state index contributed by atoms with van der Waals surface area (Å²) in [6, 6.07) is 9.92. The molecule has 0 radical (unpaired) electrons. The van der Waals surface area contributed by atoms with Crippen LogP contribution in [-0.4, -0.2) is 30.4 Å². The van der Waals surface area contributed by atoms with E-state index in [-0.39, 0.29) is 24.7 Å². The van der Waals surface area contributed by atoms with Gasteiger partial charge in [0.2, 0.25) is 6.79 Å². The molecule has 9 nitrogen and oxygen atoms in total. The van der Waals surface area contributed by atoms with Crippen LogP contribution in [0.3, 0.4) is 0 Å². The van der Waals surface area contributed by atoms with Gasteiger partial charge in [-0.15, -0.1) is 0 Å². The molecule has 2 aromatic carbocycles. The van der Waals surface area contributed by atoms with Gasteiger partial charge in [0.25, 0.3) is 11.6 Å². The first-order valence-corrected chi connectivity index (χ1v) is 7.62. The number of hydrazone groups is 1. The highest BCUT2D eigenvalue weighted by Crippen LogP contribution is 2.37. The van der Waals surface area contributed by atoms with Crippen molar-refractivity contribution in [2.45, 2.75) is 6.92 Å². The van der Waals surface area contributed by atoms with E-state index in [2.05, 4.69) is 10.5 Å². The Balaban J connectivity index is 1.60. The standard InChI is InChI=1S/C17H15N3O6/c1-11-2-4-13(5-3-11)24-9-17(21)19-18-8-12-6-15-16(26-10-25-15)7-14(12)20(22)23/h2-8H,9-10H2,1H3,(H,19,21)/b18-8+. The van der Waals surface area contributed by atoms with Gasteiger partial charge < -0.3 is 14.2 Å². The Bertz CT molecular complexity index is 864. The second kappa shape index (κ2) is 7.51. The smallest absolute Gasteiger partial charge is 0.282 e. The third-order valence-electron chi connectivity index (χ3n) is 3.50. The van der Waals surface area contributed by atoms with Crippen LogP contribution in [-0.2, 0) is 4.79 Å². The van der Waals surface area contributed by atoms with Gasteiger partial charge in [-0.05, 0) is 25.1 Å². The van der Waals surface area contributed by atoms with Gasteiger partial charge >= 0.3 is 0 Å². The van der Waals surface area contributed by atoms with E-state index in [0.29, 0.717) is 17.2 Å². The van der Waals surface area contributed by atoms with Crippen LogP contribution in [0.15, 0.2) is 41.5 Å². The number of hydrogen-bond acceptors (Lipinski definition) is 7. The zero-order valence-electron chi connectivity index (χ0n) is 13.8. The number of nitrogens with zero attached hydrogens (tertiary/aromatic N) is 2. The van der Waals surface area contributed by atoms with Crippen LogP contribution >= 0.6 is 0 Å². The molecule has 134 valence electrons. The highest BCUT2D eigenvalue weighted by Gasteiger charge is 2.22. The fourth-order valence-corrected chi connectivity index (χ4v) is 2.20. The van der Waals surface area contributed by atoms with Crippen LogP contribution in [0, 0.1) is 17.0 Å². The van der Waals surface area contributed by atoms with Crippen molar-refractivity contribution in [3.05, 3.63) is 57.6 Å². The summed E-state index contributed by atoms with van der Waals surface area (Å²) in [7, 11) is 0. The Morgan fingerprint density at radius 3 is 2.69 bits per heavy atom. The second-order valence-electron chi connectivity index (χ2n) is 5.42. The Morgan fingerprint density at radius 1 is 1.31 bits per heavy atom. The van der Waals surface area contributed by atoms with E-state index in [1.165, 1.54) is 18.3 Å². The number of nitro benzene ring substituents is 1. The summed E-state index contributed by atoms with van der Waals surface area (Å²) in [5.41, 5.74) is 3.31. The maximum Gasteiger partial charge on any atom is 0.282 e. The number of fused-ring (bicyclic) bond motifs is 1. The van der Waals surface area contributed by atoms with Crippen molar-refractivity contribution in [1.82, 2.24) is 5.43 Å². The zero-order chi connectivity index (χ0) is 18.5. The molecule has 0 saturated carbocycles. The lowest BCUT2D eigenvalue weighted by molar-refractivity contribution is -0.385. The molecule has 0 unspecified atom stereocenters. The molecule has 0 spiro atoms. The lowest BCUT2D eigenvalue weighted by Crippen LogP contribution is -2.24. The highest BCUT2D eigenvalue weighted by atomic mass is 16.7. The van der Waals surface area contributed by atoms with Gasteiger partial charge in [-0.2, -0.15) is 5.10 Å². The molecule has 1 amide bonds. The summed E-state index contributed by atoms with van der Waals surface area (Å²) < 4.78 is 15.6. The van der Waals surface area contributed by atoms with E-state index in [9.17, 15) is 14.9 Å². The number of carbonyl (C=O) groups is 1. The SMILES string of the molecule is Cc1ccc(OCC(=O)N/N=C/c2cc3c(cc2[N+](=O)[O-])OCO3)cc1. The van der Waals surface area contributed by atoms with E-state index in [1.54, 1.807) is 12.1 Å². The van der Waals surface area contributed by atoms with Gasteiger partial charge in [-0.25, -0.2) is 5.43 Å². The molecule has 0 bridgehead atoms. The predicted molar refractivity (Wildman–Crippen MR) is 91.6 cm³/mol. The second-order valence-corrected chi connectivity index (χ2v) is 5.42. The highest BCUT2D eigenvalue weighted by molar-refractivity contribution is 5.88. The Hall–Kier alpha value is -3.62. The quantitative estimate of drug-likeness (QED) is 0.482. The van der Waals surface area contributed by atoms with Crippen LogP contribution in [0.1, 0.15) is 11.1 Å². The molecule has 1 N–H and O–H groups in total. The van der Waals surface area contributed by atoms with Crippen molar-refractivity contribution < 1.29 is 23.9 Å². The number of ether oxygens (including phenoxy) is 3. The van der Waals surface area contributed by atoms with Crippen molar-refractivity contribution in [3.8, 4) is 17.2 Å². The minimum atomic E-state index is -0.564. The van der Waals surface area contributed by atoms with Gasteiger partial charge in [0.05, 0.1) is 22.8 Å². The number of aryl methyl sites for hydroxylation is 1. The molecule has 0 aliphatic carbocycles. The summed E-state index contributed by atoms with van der Waals surface area (Å²) in [5, 5.41) is 14.9. The van der Waals surface area contributed by atoms with Crippen molar-refractivity contribution in [2.24, 2.45) is 5.10 Å². The summed E-state index contributed by atoms with van der Waals surface area (Å²) in [6.45, 7) is 1.71. The van der Waals surface area contributed by atoms with E-state index in [1.807, 2.05) is 19.1 Å². The minimum Gasteiger partial charge on any atom is -0.484 e. The fraction of sp³-hybridized carbons (Fsp3) is 0.176. The maximum atomic E-state index is 11.8. The number of hydrogen-bond donors (Lipinski definition) is 1. The summed E-state index contributed by atoms with van der Waals surface area (Å²) in [6.07, 6.45) is 1.17. The van der Waals surface area contributed by atoms with Crippen LogP contribution in [0.5, 0.6) is 17.2 Å². The van der Waals surface area contributed by atoms with E-state index in [4.69, 9.17) is 14.2 Å². The third-order valence-corrected chi connectivity index (χ3v) is 3.50. The molecule has 0 atom stereocenters. The molecule has 0 saturated heterocycles. The lowest BCUT2D eigenvalue weighted by Gasteiger charge is -2.05. The molecular formula is C17H15N3O6. The first-order chi connectivity index (χ1) is 12.5. The Labute approximate surface area is 148 Å². The minimum absolute atomic E-state index is 0.000168. The van der Waals surface area contributed by atoms with Gasteiger partial charge in [-0.1, -0.05) is 17.7 Å². The van der Waals surface area contributed by atoms with Crippen molar-refractivity contribution in [3.63, 3.8) is 0 Å². The van der Waals surface area contributed by atoms with Gasteiger partial charge in [-0.3, -0.25) is 14.9 Å². The zero-order valence-corrected chi connectivity index (χ0v) is 13.8. The molecule has 0 fully saturated rings. The molecule has 2 aromatic rings. The van der Waals surface area contributed by atoms with Crippen LogP contribution in [0.2, 0.25) is 0 Å². The Kier molecular flexibility index (Phi) is 4.97. The molecule has 3 rings (SSSR count). The van der Waals surface area contributed by atoms with Crippen LogP contribution < -0.4 is 19.6 Å². The number of amides is 1. The monoisotopic (exact) mass is 357 g/mol. The molecule has 1 aliphatic heterocycles. The van der Waals surface area contributed by atoms with Gasteiger partial charge in [0.15, 0.2) is 18.1 Å². The van der Waals surface area contributed by atoms with Gasteiger partial charge in [0, 0.05) is 0 Å². The maximum absolute atomic E-state index is 11.8. The van der Waals surface area contributed by atoms with Crippen molar-refractivity contribution in [2.75, 3.05) is 13.4 Å². The molecule has 1 aliphatic rings. The fourth-order valence-electron chi connectivity index (χ4n) is 2.20. The number of carbonyl (C=O) groups excluding carboxylic acids is 1. The van der Waals surface area contributed by atoms with Crippen LogP contribution in [0.4, 0.5) is 5.69 Å². The first-order valence-electron chi connectivity index (χ1n) is 7.62. The molecule has 1 heterocycles. The largest absolute Gasteiger partial charge is 0.484 e. The number of nitrogens with one attached hydrogen (secondary N) is 1. The van der Waals surface area contributed by atoms with E-state index < -0.39 is 10.8 Å². The normalized spacial score (nSPS) is 12.2. The summed E-state index contributed by atoms with van der Waals surface area (Å²) in [4.78, 5) is 22.3. The Morgan fingerprint density at radius 2 is 2.00 bits per heavy atom. The van der Waals surface area contributed by atoms with Crippen molar-refractivity contribution in [1.29, 1.82) is 0 Å². The van der Waals surface area contributed by atoms with E-state index >= 15 is 0 Å². The molecular weight excluding hydrogens is 342 g/mol. The predicted octanol–water partition coefficient (Wildman–Crippen LogP) is 2.16. The molecule has 0 aromatic heterocycles.